The number of hydrogen-bond acceptors (Lipinski definition) is 2. The van der Waals surface area contributed by atoms with Crippen molar-refractivity contribution in [2.24, 2.45) is 4.99 Å². The number of hydrogen-bond donors (Lipinski definition) is 2. The zero-order valence-electron chi connectivity index (χ0n) is 14.4. The Labute approximate surface area is 139 Å². The average Bonchev–Trinajstić information content (AvgIpc) is 3.03. The van der Waals surface area contributed by atoms with Crippen LogP contribution >= 0.6 is 0 Å². The molecule has 126 valence electrons. The molecular weight excluding hydrogens is 288 g/mol. The second kappa shape index (κ2) is 8.56. The van der Waals surface area contributed by atoms with Gasteiger partial charge in [-0.25, -0.2) is 4.99 Å². The van der Waals surface area contributed by atoms with E-state index >= 15 is 0 Å². The Morgan fingerprint density at radius 3 is 2.61 bits per heavy atom. The Morgan fingerprint density at radius 1 is 1.26 bits per heavy atom. The van der Waals surface area contributed by atoms with Gasteiger partial charge in [-0.1, -0.05) is 37.1 Å². The van der Waals surface area contributed by atoms with E-state index in [-0.39, 0.29) is 12.5 Å². The van der Waals surface area contributed by atoms with E-state index in [9.17, 15) is 4.79 Å². The topological polar surface area (TPSA) is 56.7 Å². The minimum Gasteiger partial charge on any atom is -0.354 e. The lowest BCUT2D eigenvalue weighted by Crippen LogP contribution is -2.46. The summed E-state index contributed by atoms with van der Waals surface area (Å²) in [6.07, 6.45) is 4.87. The van der Waals surface area contributed by atoms with E-state index in [0.29, 0.717) is 12.6 Å². The van der Waals surface area contributed by atoms with Crippen molar-refractivity contribution < 1.29 is 4.79 Å². The molecule has 1 fully saturated rings. The molecule has 1 aromatic rings. The quantitative estimate of drug-likeness (QED) is 0.646. The Morgan fingerprint density at radius 2 is 1.96 bits per heavy atom. The smallest absolute Gasteiger partial charge is 0.241 e. The average molecular weight is 316 g/mol. The van der Waals surface area contributed by atoms with Gasteiger partial charge in [-0.3, -0.25) is 4.79 Å². The number of carbonyl (C=O) groups excluding carboxylic acids is 1. The number of benzene rings is 1. The van der Waals surface area contributed by atoms with E-state index in [4.69, 9.17) is 0 Å². The maximum absolute atomic E-state index is 11.8. The Hall–Kier alpha value is -2.04. The first-order chi connectivity index (χ1) is 11.1. The van der Waals surface area contributed by atoms with E-state index in [1.54, 1.807) is 19.0 Å². The minimum absolute atomic E-state index is 0.0433. The normalized spacial score (nSPS) is 15.5. The second-order valence-corrected chi connectivity index (χ2v) is 6.36. The van der Waals surface area contributed by atoms with Gasteiger partial charge in [0.1, 0.15) is 0 Å². The molecule has 0 atom stereocenters. The lowest BCUT2D eigenvalue weighted by atomic mass is 10.1. The number of nitrogens with zero attached hydrogens (tertiary/aromatic N) is 2. The standard InChI is InChI=1S/C18H28N4O/c1-14-8-4-5-9-15(14)12-19-18(20-13-17(23)22(2)3)21-16-10-6-7-11-16/h4-5,8-9,16H,6-7,10-13H2,1-3H3,(H2,19,20,21). The molecule has 0 unspecified atom stereocenters. The zero-order chi connectivity index (χ0) is 16.7. The number of amides is 1. The summed E-state index contributed by atoms with van der Waals surface area (Å²) >= 11 is 0. The fourth-order valence-electron chi connectivity index (χ4n) is 2.69. The molecule has 0 aliphatic heterocycles. The maximum Gasteiger partial charge on any atom is 0.241 e. The van der Waals surface area contributed by atoms with E-state index in [2.05, 4.69) is 34.7 Å². The summed E-state index contributed by atoms with van der Waals surface area (Å²) in [5.41, 5.74) is 2.44. The number of rotatable bonds is 5. The van der Waals surface area contributed by atoms with Crippen LogP contribution in [0, 0.1) is 6.92 Å². The van der Waals surface area contributed by atoms with Gasteiger partial charge in [0.05, 0.1) is 13.1 Å². The summed E-state index contributed by atoms with van der Waals surface area (Å²) in [6.45, 7) is 2.97. The molecule has 1 saturated carbocycles. The predicted molar refractivity (Wildman–Crippen MR) is 94.4 cm³/mol. The fraction of sp³-hybridized carbons (Fsp3) is 0.556. The van der Waals surface area contributed by atoms with Crippen LogP contribution in [0.3, 0.4) is 0 Å². The molecule has 0 radical (unpaired) electrons. The zero-order valence-corrected chi connectivity index (χ0v) is 14.4. The monoisotopic (exact) mass is 316 g/mol. The van der Waals surface area contributed by atoms with E-state index in [0.717, 1.165) is 5.96 Å². The van der Waals surface area contributed by atoms with Crippen molar-refractivity contribution in [3.63, 3.8) is 0 Å². The summed E-state index contributed by atoms with van der Waals surface area (Å²) in [5.74, 6) is 0.775. The van der Waals surface area contributed by atoms with Gasteiger partial charge in [0.15, 0.2) is 5.96 Å². The molecule has 1 aliphatic rings. The highest BCUT2D eigenvalue weighted by molar-refractivity contribution is 5.86. The predicted octanol–water partition coefficient (Wildman–Crippen LogP) is 2.06. The highest BCUT2D eigenvalue weighted by Gasteiger charge is 2.16. The molecular formula is C18H28N4O. The maximum atomic E-state index is 11.8. The van der Waals surface area contributed by atoms with Crippen LogP contribution in [0.15, 0.2) is 29.3 Å². The Kier molecular flexibility index (Phi) is 6.44. The summed E-state index contributed by atoms with van der Waals surface area (Å²) in [6, 6.07) is 8.72. The number of aliphatic imine (C=N–C) groups is 1. The second-order valence-electron chi connectivity index (χ2n) is 6.36. The summed E-state index contributed by atoms with van der Waals surface area (Å²) in [4.78, 5) is 18.1. The molecule has 2 N–H and O–H groups in total. The van der Waals surface area contributed by atoms with Gasteiger partial charge in [0.25, 0.3) is 0 Å². The summed E-state index contributed by atoms with van der Waals surface area (Å²) in [5, 5.41) is 6.63. The van der Waals surface area contributed by atoms with Gasteiger partial charge >= 0.3 is 0 Å². The van der Waals surface area contributed by atoms with Gasteiger partial charge in [0.2, 0.25) is 5.91 Å². The van der Waals surface area contributed by atoms with E-state index in [1.807, 2.05) is 12.1 Å². The SMILES string of the molecule is Cc1ccccc1CN=C(NCC(=O)N(C)C)NC1CCCC1. The van der Waals surface area contributed by atoms with Gasteiger partial charge in [-0.15, -0.1) is 0 Å². The van der Waals surface area contributed by atoms with Crippen LogP contribution in [-0.2, 0) is 11.3 Å². The molecule has 1 amide bonds. The van der Waals surface area contributed by atoms with Crippen molar-refractivity contribution in [1.29, 1.82) is 0 Å². The number of guanidine groups is 1. The third-order valence-electron chi connectivity index (χ3n) is 4.27. The van der Waals surface area contributed by atoms with Crippen molar-refractivity contribution >= 4 is 11.9 Å². The highest BCUT2D eigenvalue weighted by atomic mass is 16.2. The van der Waals surface area contributed by atoms with Crippen molar-refractivity contribution in [3.8, 4) is 0 Å². The van der Waals surface area contributed by atoms with Crippen LogP contribution in [0.2, 0.25) is 0 Å². The molecule has 5 heteroatoms. The number of aryl methyl sites for hydroxylation is 1. The van der Waals surface area contributed by atoms with Crippen LogP contribution in [0.4, 0.5) is 0 Å². The molecule has 0 aromatic heterocycles. The molecule has 1 aliphatic carbocycles. The first-order valence-corrected chi connectivity index (χ1v) is 8.36. The van der Waals surface area contributed by atoms with Gasteiger partial charge in [-0.2, -0.15) is 0 Å². The summed E-state index contributed by atoms with van der Waals surface area (Å²) in [7, 11) is 3.52. The van der Waals surface area contributed by atoms with Crippen LogP contribution < -0.4 is 10.6 Å². The molecule has 1 aromatic carbocycles. The third-order valence-corrected chi connectivity index (χ3v) is 4.27. The molecule has 0 heterocycles. The first-order valence-electron chi connectivity index (χ1n) is 8.36. The van der Waals surface area contributed by atoms with E-state index < -0.39 is 0 Å². The number of likely N-dealkylation sites (N-methyl/N-ethyl adjacent to an activating group) is 1. The highest BCUT2D eigenvalue weighted by Crippen LogP contribution is 2.17. The van der Waals surface area contributed by atoms with Crippen molar-refractivity contribution in [1.82, 2.24) is 15.5 Å². The summed E-state index contributed by atoms with van der Waals surface area (Å²) < 4.78 is 0. The Bertz CT molecular complexity index is 548. The van der Waals surface area contributed by atoms with Crippen molar-refractivity contribution in [2.45, 2.75) is 45.2 Å². The molecule has 0 bridgehead atoms. The Balaban J connectivity index is 2.00. The fourth-order valence-corrected chi connectivity index (χ4v) is 2.69. The van der Waals surface area contributed by atoms with E-state index in [1.165, 1.54) is 36.8 Å². The van der Waals surface area contributed by atoms with Crippen molar-refractivity contribution in [2.75, 3.05) is 20.6 Å². The molecule has 2 rings (SSSR count). The first kappa shape index (κ1) is 17.3. The molecule has 0 spiro atoms. The van der Waals surface area contributed by atoms with Gasteiger partial charge < -0.3 is 15.5 Å². The van der Waals surface area contributed by atoms with Gasteiger partial charge in [0, 0.05) is 20.1 Å². The van der Waals surface area contributed by atoms with Crippen LogP contribution in [0.5, 0.6) is 0 Å². The third kappa shape index (κ3) is 5.58. The largest absolute Gasteiger partial charge is 0.354 e. The van der Waals surface area contributed by atoms with Crippen molar-refractivity contribution in [3.05, 3.63) is 35.4 Å². The number of carbonyl (C=O) groups is 1. The molecule has 5 nitrogen and oxygen atoms in total. The van der Waals surface area contributed by atoms with Crippen LogP contribution in [0.25, 0.3) is 0 Å². The minimum atomic E-state index is 0.0433. The molecule has 0 saturated heterocycles. The van der Waals surface area contributed by atoms with Crippen LogP contribution in [-0.4, -0.2) is 43.4 Å². The van der Waals surface area contributed by atoms with Crippen LogP contribution in [0.1, 0.15) is 36.8 Å². The number of nitrogens with one attached hydrogen (secondary N) is 2. The molecule has 23 heavy (non-hydrogen) atoms. The lowest BCUT2D eigenvalue weighted by Gasteiger charge is -2.18. The lowest BCUT2D eigenvalue weighted by molar-refractivity contribution is -0.127. The van der Waals surface area contributed by atoms with Gasteiger partial charge in [-0.05, 0) is 30.9 Å².